The average Bonchev–Trinajstić information content (AvgIpc) is 2.18. The lowest BCUT2D eigenvalue weighted by Crippen LogP contribution is -1.95. The molecule has 90 valence electrons. The summed E-state index contributed by atoms with van der Waals surface area (Å²) in [5, 5.41) is -0.456. The van der Waals surface area contributed by atoms with Crippen molar-refractivity contribution in [1.82, 2.24) is 9.97 Å². The van der Waals surface area contributed by atoms with E-state index in [1.165, 1.54) is 0 Å². The number of aromatic nitrogens is 2. The maximum atomic E-state index is 12.9. The van der Waals surface area contributed by atoms with E-state index in [1.807, 2.05) is 0 Å². The third-order valence-electron chi connectivity index (χ3n) is 1.90. The molecule has 2 aromatic rings. The van der Waals surface area contributed by atoms with Crippen LogP contribution in [0.25, 0.3) is 11.0 Å². The molecule has 0 spiro atoms. The molecule has 0 atom stereocenters. The molecule has 0 aliphatic carbocycles. The first-order valence-electron chi connectivity index (χ1n) is 4.06. The smallest absolute Gasteiger partial charge is 0.231 e. The fraction of sp³-hybridized carbons (Fsp3) is 0. The molecule has 1 heterocycles. The summed E-state index contributed by atoms with van der Waals surface area (Å²) in [7, 11) is -4.92. The number of rotatable bonds is 1. The van der Waals surface area contributed by atoms with Crippen LogP contribution < -0.4 is 0 Å². The van der Waals surface area contributed by atoms with Gasteiger partial charge in [-0.15, -0.1) is 3.89 Å². The summed E-state index contributed by atoms with van der Waals surface area (Å²) >= 11 is 16.9. The Balaban J connectivity index is 2.86. The van der Waals surface area contributed by atoms with Gasteiger partial charge in [0, 0.05) is 0 Å². The van der Waals surface area contributed by atoms with E-state index >= 15 is 0 Å². The summed E-state index contributed by atoms with van der Waals surface area (Å²) in [6.07, 6.45) is 0. The van der Waals surface area contributed by atoms with Crippen LogP contribution in [0.5, 0.6) is 0 Å². The van der Waals surface area contributed by atoms with E-state index in [1.54, 1.807) is 0 Å². The van der Waals surface area contributed by atoms with Gasteiger partial charge < -0.3 is 0 Å². The second-order valence-electron chi connectivity index (χ2n) is 3.01. The molecule has 0 saturated carbocycles. The Bertz CT molecular complexity index is 720. The lowest BCUT2D eigenvalue weighted by Gasteiger charge is -2.03. The van der Waals surface area contributed by atoms with Crippen molar-refractivity contribution in [3.63, 3.8) is 0 Å². The van der Waals surface area contributed by atoms with E-state index in [9.17, 15) is 12.3 Å². The number of benzene rings is 1. The standard InChI is InChI=1S/C8H2Cl3FN2O2S/c9-3-1-4-5(2-6(3)17(12,15)16)14-8(11)7(10)13-4/h1-2H. The summed E-state index contributed by atoms with van der Waals surface area (Å²) in [6.45, 7) is 0. The topological polar surface area (TPSA) is 59.9 Å². The molecule has 9 heteroatoms. The van der Waals surface area contributed by atoms with Gasteiger partial charge in [-0.3, -0.25) is 0 Å². The maximum Gasteiger partial charge on any atom is 0.333 e. The fourth-order valence-corrected chi connectivity index (χ4v) is 2.45. The van der Waals surface area contributed by atoms with Crippen molar-refractivity contribution in [1.29, 1.82) is 0 Å². The van der Waals surface area contributed by atoms with Gasteiger partial charge in [-0.2, -0.15) is 8.42 Å². The first-order chi connectivity index (χ1) is 7.79. The molecule has 0 saturated heterocycles. The maximum absolute atomic E-state index is 12.9. The normalized spacial score (nSPS) is 12.0. The average molecular weight is 316 g/mol. The highest BCUT2D eigenvalue weighted by molar-refractivity contribution is 7.86. The molecule has 2 rings (SSSR count). The molecule has 0 unspecified atom stereocenters. The number of halogens is 4. The molecule has 0 aliphatic heterocycles. The quantitative estimate of drug-likeness (QED) is 0.758. The molecular weight excluding hydrogens is 314 g/mol. The number of nitrogens with zero attached hydrogens (tertiary/aromatic N) is 2. The van der Waals surface area contributed by atoms with E-state index < -0.39 is 15.1 Å². The Morgan fingerprint density at radius 3 is 1.94 bits per heavy atom. The first-order valence-corrected chi connectivity index (χ1v) is 6.58. The molecule has 0 N–H and O–H groups in total. The van der Waals surface area contributed by atoms with Crippen molar-refractivity contribution in [2.45, 2.75) is 4.90 Å². The zero-order chi connectivity index (χ0) is 12.8. The second-order valence-corrected chi connectivity index (χ2v) is 5.45. The van der Waals surface area contributed by atoms with E-state index in [2.05, 4.69) is 9.97 Å². The SMILES string of the molecule is O=S(=O)(F)c1cc2nc(Cl)c(Cl)nc2cc1Cl. The summed E-state index contributed by atoms with van der Waals surface area (Å²) in [5.41, 5.74) is 0.303. The predicted octanol–water partition coefficient (Wildman–Crippen LogP) is 3.25. The van der Waals surface area contributed by atoms with Gasteiger partial charge in [0.2, 0.25) is 0 Å². The highest BCUT2D eigenvalue weighted by Gasteiger charge is 2.19. The number of hydrogen-bond donors (Lipinski definition) is 0. The zero-order valence-corrected chi connectivity index (χ0v) is 10.9. The molecule has 0 fully saturated rings. The van der Waals surface area contributed by atoms with Crippen molar-refractivity contribution >= 4 is 56.1 Å². The third-order valence-corrected chi connectivity index (χ3v) is 3.81. The minimum Gasteiger partial charge on any atom is -0.231 e. The molecule has 4 nitrogen and oxygen atoms in total. The largest absolute Gasteiger partial charge is 0.333 e. The van der Waals surface area contributed by atoms with Crippen molar-refractivity contribution in [3.8, 4) is 0 Å². The van der Waals surface area contributed by atoms with Crippen LogP contribution in [-0.4, -0.2) is 18.4 Å². The van der Waals surface area contributed by atoms with Crippen molar-refractivity contribution in [3.05, 3.63) is 27.5 Å². The summed E-state index contributed by atoms with van der Waals surface area (Å²) < 4.78 is 34.5. The van der Waals surface area contributed by atoms with Crippen LogP contribution in [0.4, 0.5) is 3.89 Å². The minimum atomic E-state index is -4.92. The molecule has 1 aromatic carbocycles. The second kappa shape index (κ2) is 4.20. The molecule has 0 bridgehead atoms. The molecule has 0 amide bonds. The van der Waals surface area contributed by atoms with Gasteiger partial charge in [0.15, 0.2) is 10.3 Å². The summed E-state index contributed by atoms with van der Waals surface area (Å²) in [4.78, 5) is 6.92. The van der Waals surface area contributed by atoms with Crippen molar-refractivity contribution < 1.29 is 12.3 Å². The van der Waals surface area contributed by atoms with Crippen molar-refractivity contribution in [2.75, 3.05) is 0 Å². The molecule has 0 radical (unpaired) electrons. The van der Waals surface area contributed by atoms with Crippen molar-refractivity contribution in [2.24, 2.45) is 0 Å². The lowest BCUT2D eigenvalue weighted by atomic mass is 10.3. The van der Waals surface area contributed by atoms with Crippen LogP contribution in [0.3, 0.4) is 0 Å². The van der Waals surface area contributed by atoms with Crippen LogP contribution >= 0.6 is 34.8 Å². The molecule has 0 aliphatic rings. The Labute approximate surface area is 111 Å². The van der Waals surface area contributed by atoms with E-state index in [4.69, 9.17) is 34.8 Å². The Hall–Kier alpha value is -0.690. The predicted molar refractivity (Wildman–Crippen MR) is 62.9 cm³/mol. The van der Waals surface area contributed by atoms with Crippen LogP contribution in [-0.2, 0) is 10.2 Å². The zero-order valence-electron chi connectivity index (χ0n) is 7.79. The van der Waals surface area contributed by atoms with Gasteiger partial charge in [-0.05, 0) is 12.1 Å². The van der Waals surface area contributed by atoms with Crippen LogP contribution in [0.15, 0.2) is 17.0 Å². The summed E-state index contributed by atoms with van der Waals surface area (Å²) in [6, 6.07) is 2.10. The Kier molecular flexibility index (Phi) is 3.15. The van der Waals surface area contributed by atoms with Gasteiger partial charge in [0.1, 0.15) is 4.90 Å². The van der Waals surface area contributed by atoms with Gasteiger partial charge in [0.05, 0.1) is 16.1 Å². The van der Waals surface area contributed by atoms with Crippen LogP contribution in [0, 0.1) is 0 Å². The van der Waals surface area contributed by atoms with Gasteiger partial charge in [-0.1, -0.05) is 34.8 Å². The molecule has 1 aromatic heterocycles. The molecule has 17 heavy (non-hydrogen) atoms. The van der Waals surface area contributed by atoms with Gasteiger partial charge >= 0.3 is 10.2 Å². The van der Waals surface area contributed by atoms with E-state index in [0.29, 0.717) is 0 Å². The highest BCUT2D eigenvalue weighted by Crippen LogP contribution is 2.29. The van der Waals surface area contributed by atoms with Gasteiger partial charge in [-0.25, -0.2) is 9.97 Å². The molecular formula is C8H2Cl3FN2O2S. The Morgan fingerprint density at radius 1 is 1.00 bits per heavy atom. The lowest BCUT2D eigenvalue weighted by molar-refractivity contribution is 0.552. The Morgan fingerprint density at radius 2 is 1.47 bits per heavy atom. The number of fused-ring (bicyclic) bond motifs is 1. The van der Waals surface area contributed by atoms with Crippen LogP contribution in [0.1, 0.15) is 0 Å². The fourth-order valence-electron chi connectivity index (χ4n) is 1.20. The van der Waals surface area contributed by atoms with Gasteiger partial charge in [0.25, 0.3) is 0 Å². The minimum absolute atomic E-state index is 0.0499. The van der Waals surface area contributed by atoms with E-state index in [-0.39, 0.29) is 26.4 Å². The monoisotopic (exact) mass is 314 g/mol. The third kappa shape index (κ3) is 2.44. The highest BCUT2D eigenvalue weighted by atomic mass is 35.5. The van der Waals surface area contributed by atoms with E-state index in [0.717, 1.165) is 12.1 Å². The first kappa shape index (κ1) is 12.8. The van der Waals surface area contributed by atoms with Crippen LogP contribution in [0.2, 0.25) is 15.3 Å². The number of hydrogen-bond acceptors (Lipinski definition) is 4. The summed E-state index contributed by atoms with van der Waals surface area (Å²) in [5.74, 6) is 0.